The largest absolute Gasteiger partial charge is 0.351 e. The van der Waals surface area contributed by atoms with Gasteiger partial charge in [0.15, 0.2) is 0 Å². The Morgan fingerprint density at radius 3 is 2.64 bits per heavy atom. The van der Waals surface area contributed by atoms with Crippen molar-refractivity contribution >= 4 is 34.3 Å². The lowest BCUT2D eigenvalue weighted by atomic mass is 9.92. The summed E-state index contributed by atoms with van der Waals surface area (Å²) in [5, 5.41) is 6.45. The molecule has 2 heterocycles. The fourth-order valence-electron chi connectivity index (χ4n) is 6.10. The number of nitrogens with one attached hydrogen (secondary N) is 2. The second kappa shape index (κ2) is 9.71. The summed E-state index contributed by atoms with van der Waals surface area (Å²) in [5.74, 6) is -1.26. The van der Waals surface area contributed by atoms with Crippen molar-refractivity contribution in [1.82, 2.24) is 14.8 Å². The van der Waals surface area contributed by atoms with Gasteiger partial charge in [0.1, 0.15) is 17.1 Å². The highest BCUT2D eigenvalue weighted by Crippen LogP contribution is 2.39. The van der Waals surface area contributed by atoms with Gasteiger partial charge in [-0.05, 0) is 70.1 Å². The number of carbonyl (C=O) groups excluding carboxylic acids is 3. The number of anilines is 1. The van der Waals surface area contributed by atoms with Crippen molar-refractivity contribution in [3.8, 4) is 0 Å². The molecule has 36 heavy (non-hydrogen) atoms. The Balaban J connectivity index is 1.58. The van der Waals surface area contributed by atoms with Crippen LogP contribution in [-0.4, -0.2) is 45.3 Å². The van der Waals surface area contributed by atoms with E-state index in [4.69, 9.17) is 0 Å². The molecule has 0 spiro atoms. The maximum Gasteiger partial charge on any atom is 0.273 e. The highest BCUT2D eigenvalue weighted by Gasteiger charge is 2.49. The standard InChI is InChI=1S/C28H35FN4O3/c1-18(34)30-24-22-16-20(29)12-13-23(22)32-17-28(2,27(36)31-21-10-6-7-11-21)33(26(35)25(24)32)15-14-19-8-4-3-5-9-19/h8,12-13,16,21H,3-7,9-11,14-15,17H2,1-2H3,(H,30,34)(H,31,36). The number of halogens is 1. The Bertz CT molecular complexity index is 1240. The number of allylic oxidation sites excluding steroid dienone is 1. The summed E-state index contributed by atoms with van der Waals surface area (Å²) in [5.41, 5.74) is 1.44. The van der Waals surface area contributed by atoms with Crippen LogP contribution in [-0.2, 0) is 16.1 Å². The van der Waals surface area contributed by atoms with Crippen LogP contribution in [0.1, 0.15) is 82.1 Å². The number of carbonyl (C=O) groups is 3. The molecule has 5 rings (SSSR count). The number of amides is 3. The maximum absolute atomic E-state index is 14.2. The third kappa shape index (κ3) is 4.42. The Labute approximate surface area is 211 Å². The lowest BCUT2D eigenvalue weighted by molar-refractivity contribution is -0.133. The fourth-order valence-corrected chi connectivity index (χ4v) is 6.10. The van der Waals surface area contributed by atoms with Gasteiger partial charge in [-0.25, -0.2) is 4.39 Å². The van der Waals surface area contributed by atoms with Crippen LogP contribution in [0.2, 0.25) is 0 Å². The molecule has 1 aromatic heterocycles. The zero-order chi connectivity index (χ0) is 25.4. The highest BCUT2D eigenvalue weighted by molar-refractivity contribution is 6.14. The first-order valence-electron chi connectivity index (χ1n) is 13.2. The van der Waals surface area contributed by atoms with Crippen LogP contribution in [0, 0.1) is 5.82 Å². The van der Waals surface area contributed by atoms with Gasteiger partial charge in [-0.1, -0.05) is 24.5 Å². The predicted octanol–water partition coefficient (Wildman–Crippen LogP) is 4.90. The van der Waals surface area contributed by atoms with Gasteiger partial charge in [0, 0.05) is 24.9 Å². The molecule has 7 nitrogen and oxygen atoms in total. The summed E-state index contributed by atoms with van der Waals surface area (Å²) < 4.78 is 16.0. The molecular formula is C28H35FN4O3. The predicted molar refractivity (Wildman–Crippen MR) is 137 cm³/mol. The minimum absolute atomic E-state index is 0.124. The molecule has 192 valence electrons. The summed E-state index contributed by atoms with van der Waals surface area (Å²) in [6.07, 6.45) is 11.5. The topological polar surface area (TPSA) is 83.4 Å². The van der Waals surface area contributed by atoms with Crippen molar-refractivity contribution in [3.63, 3.8) is 0 Å². The van der Waals surface area contributed by atoms with Crippen LogP contribution in [0.15, 0.2) is 29.8 Å². The normalized spacial score (nSPS) is 22.5. The zero-order valence-electron chi connectivity index (χ0n) is 21.2. The van der Waals surface area contributed by atoms with E-state index in [1.54, 1.807) is 15.5 Å². The van der Waals surface area contributed by atoms with E-state index in [2.05, 4.69) is 16.7 Å². The number of aromatic nitrogens is 1. The van der Waals surface area contributed by atoms with Crippen molar-refractivity contribution in [2.45, 2.75) is 89.8 Å². The molecule has 8 heteroatoms. The maximum atomic E-state index is 14.2. The van der Waals surface area contributed by atoms with E-state index in [1.165, 1.54) is 31.1 Å². The molecule has 3 amide bonds. The summed E-state index contributed by atoms with van der Waals surface area (Å²) in [6.45, 7) is 3.85. The first-order chi connectivity index (χ1) is 17.3. The number of fused-ring (bicyclic) bond motifs is 3. The molecule has 2 N–H and O–H groups in total. The number of nitrogens with zero attached hydrogens (tertiary/aromatic N) is 2. The van der Waals surface area contributed by atoms with E-state index in [1.807, 2.05) is 6.92 Å². The SMILES string of the molecule is CC(=O)Nc1c2n(c3ccc(F)cc13)CC(C)(C(=O)NC1CCCC1)N(CCC1=CCCCC1)C2=O. The molecule has 3 aliphatic rings. The van der Waals surface area contributed by atoms with Crippen LogP contribution in [0.25, 0.3) is 10.9 Å². The van der Waals surface area contributed by atoms with Gasteiger partial charge in [-0.15, -0.1) is 0 Å². The summed E-state index contributed by atoms with van der Waals surface area (Å²) in [6, 6.07) is 4.42. The lowest BCUT2D eigenvalue weighted by Gasteiger charge is -2.45. The van der Waals surface area contributed by atoms with Gasteiger partial charge >= 0.3 is 0 Å². The van der Waals surface area contributed by atoms with Crippen molar-refractivity contribution in [3.05, 3.63) is 41.4 Å². The minimum atomic E-state index is -1.12. The lowest BCUT2D eigenvalue weighted by Crippen LogP contribution is -2.65. The fraction of sp³-hybridized carbons (Fsp3) is 0.536. The molecule has 2 aliphatic carbocycles. The third-order valence-corrected chi connectivity index (χ3v) is 8.06. The third-order valence-electron chi connectivity index (χ3n) is 8.06. The minimum Gasteiger partial charge on any atom is -0.351 e. The monoisotopic (exact) mass is 494 g/mol. The Kier molecular flexibility index (Phi) is 6.62. The average Bonchev–Trinajstić information content (AvgIpc) is 3.45. The Morgan fingerprint density at radius 2 is 1.94 bits per heavy atom. The van der Waals surface area contributed by atoms with Gasteiger partial charge in [-0.2, -0.15) is 0 Å². The smallest absolute Gasteiger partial charge is 0.273 e. The van der Waals surface area contributed by atoms with Crippen molar-refractivity contribution < 1.29 is 18.8 Å². The first kappa shape index (κ1) is 24.5. The van der Waals surface area contributed by atoms with Gasteiger partial charge < -0.3 is 20.1 Å². The van der Waals surface area contributed by atoms with E-state index < -0.39 is 11.4 Å². The molecule has 1 atom stereocenters. The van der Waals surface area contributed by atoms with Crippen LogP contribution < -0.4 is 10.6 Å². The van der Waals surface area contributed by atoms with Gasteiger partial charge in [0.25, 0.3) is 5.91 Å². The second-order valence-electron chi connectivity index (χ2n) is 10.7. The molecular weight excluding hydrogens is 459 g/mol. The Hall–Kier alpha value is -3.16. The van der Waals surface area contributed by atoms with Gasteiger partial charge in [0.05, 0.1) is 17.7 Å². The quantitative estimate of drug-likeness (QED) is 0.560. The van der Waals surface area contributed by atoms with E-state index in [0.29, 0.717) is 35.2 Å². The Morgan fingerprint density at radius 1 is 1.17 bits per heavy atom. The molecule has 1 saturated carbocycles. The summed E-state index contributed by atoms with van der Waals surface area (Å²) in [4.78, 5) is 41.7. The van der Waals surface area contributed by atoms with E-state index in [9.17, 15) is 18.8 Å². The molecule has 1 aliphatic heterocycles. The molecule has 0 saturated heterocycles. The van der Waals surface area contributed by atoms with Crippen LogP contribution in [0.5, 0.6) is 0 Å². The van der Waals surface area contributed by atoms with Crippen molar-refractivity contribution in [2.75, 3.05) is 11.9 Å². The van der Waals surface area contributed by atoms with E-state index in [0.717, 1.165) is 44.9 Å². The molecule has 1 fully saturated rings. The number of hydrogen-bond acceptors (Lipinski definition) is 3. The second-order valence-corrected chi connectivity index (χ2v) is 10.7. The van der Waals surface area contributed by atoms with Crippen LogP contribution in [0.3, 0.4) is 0 Å². The van der Waals surface area contributed by atoms with E-state index >= 15 is 0 Å². The van der Waals surface area contributed by atoms with Crippen LogP contribution >= 0.6 is 0 Å². The summed E-state index contributed by atoms with van der Waals surface area (Å²) >= 11 is 0. The molecule has 1 aromatic carbocycles. The number of rotatable bonds is 6. The molecule has 0 radical (unpaired) electrons. The average molecular weight is 495 g/mol. The number of hydrogen-bond donors (Lipinski definition) is 2. The van der Waals surface area contributed by atoms with Crippen molar-refractivity contribution in [1.29, 1.82) is 0 Å². The molecule has 1 unspecified atom stereocenters. The van der Waals surface area contributed by atoms with Gasteiger partial charge in [-0.3, -0.25) is 14.4 Å². The molecule has 2 aromatic rings. The highest BCUT2D eigenvalue weighted by atomic mass is 19.1. The molecule has 0 bridgehead atoms. The van der Waals surface area contributed by atoms with E-state index in [-0.39, 0.29) is 30.3 Å². The zero-order valence-corrected chi connectivity index (χ0v) is 21.2. The number of benzene rings is 1. The first-order valence-corrected chi connectivity index (χ1v) is 13.2. The van der Waals surface area contributed by atoms with Crippen LogP contribution in [0.4, 0.5) is 10.1 Å². The van der Waals surface area contributed by atoms with Gasteiger partial charge in [0.2, 0.25) is 11.8 Å². The van der Waals surface area contributed by atoms with Crippen molar-refractivity contribution in [2.24, 2.45) is 0 Å². The summed E-state index contributed by atoms with van der Waals surface area (Å²) in [7, 11) is 0.